The Kier molecular flexibility index (Phi) is 3.85. The lowest BCUT2D eigenvalue weighted by atomic mass is 10.3. The van der Waals surface area contributed by atoms with Crippen LogP contribution in [0.3, 0.4) is 0 Å². The summed E-state index contributed by atoms with van der Waals surface area (Å²) in [6, 6.07) is 7.38. The van der Waals surface area contributed by atoms with E-state index in [1.807, 2.05) is 31.2 Å². The second-order valence-electron chi connectivity index (χ2n) is 5.07. The summed E-state index contributed by atoms with van der Waals surface area (Å²) in [5.41, 5.74) is 0.802. The highest BCUT2D eigenvalue weighted by atomic mass is 16.5. The maximum Gasteiger partial charge on any atom is 0.227 e. The molecule has 1 amide bonds. The molecule has 2 aromatic rings. The van der Waals surface area contributed by atoms with E-state index in [0.717, 1.165) is 36.6 Å². The molecule has 0 atom stereocenters. The van der Waals surface area contributed by atoms with E-state index in [2.05, 4.69) is 15.4 Å². The molecule has 1 fully saturated rings. The largest absolute Gasteiger partial charge is 0.486 e. The molecule has 1 aliphatic rings. The zero-order chi connectivity index (χ0) is 14.7. The van der Waals surface area contributed by atoms with Gasteiger partial charge in [0.2, 0.25) is 5.91 Å². The van der Waals surface area contributed by atoms with Gasteiger partial charge in [0.15, 0.2) is 5.82 Å². The summed E-state index contributed by atoms with van der Waals surface area (Å²) in [4.78, 5) is 15.8. The third-order valence-electron chi connectivity index (χ3n) is 3.43. The molecule has 0 saturated heterocycles. The van der Waals surface area contributed by atoms with E-state index in [1.165, 1.54) is 6.33 Å². The highest BCUT2D eigenvalue weighted by Crippen LogP contribution is 2.30. The van der Waals surface area contributed by atoms with Crippen LogP contribution in [0.25, 0.3) is 0 Å². The SMILES string of the molecule is CCn1ncnc1COc1ccc(NC(=O)C2CC2)cc1. The molecule has 21 heavy (non-hydrogen) atoms. The van der Waals surface area contributed by atoms with Gasteiger partial charge in [0, 0.05) is 18.2 Å². The number of carbonyl (C=O) groups is 1. The van der Waals surface area contributed by atoms with Gasteiger partial charge in [-0.15, -0.1) is 0 Å². The van der Waals surface area contributed by atoms with Gasteiger partial charge in [-0.05, 0) is 44.0 Å². The zero-order valence-corrected chi connectivity index (χ0v) is 12.0. The van der Waals surface area contributed by atoms with Crippen LogP contribution in [0.15, 0.2) is 30.6 Å². The Labute approximate surface area is 123 Å². The molecular formula is C15H18N4O2. The lowest BCUT2D eigenvalue weighted by Crippen LogP contribution is -2.13. The van der Waals surface area contributed by atoms with Crippen LogP contribution in [0.4, 0.5) is 5.69 Å². The average Bonchev–Trinajstić information content (AvgIpc) is 3.26. The van der Waals surface area contributed by atoms with Crippen LogP contribution in [0, 0.1) is 5.92 Å². The first-order chi connectivity index (χ1) is 10.3. The lowest BCUT2D eigenvalue weighted by molar-refractivity contribution is -0.117. The molecule has 0 aliphatic heterocycles. The summed E-state index contributed by atoms with van der Waals surface area (Å²) in [5, 5.41) is 6.99. The minimum absolute atomic E-state index is 0.111. The van der Waals surface area contributed by atoms with Crippen molar-refractivity contribution in [2.24, 2.45) is 5.92 Å². The third-order valence-corrected chi connectivity index (χ3v) is 3.43. The molecule has 6 heteroatoms. The second kappa shape index (κ2) is 5.95. The van der Waals surface area contributed by atoms with Crippen LogP contribution < -0.4 is 10.1 Å². The Bertz CT molecular complexity index is 617. The number of aryl methyl sites for hydroxylation is 1. The van der Waals surface area contributed by atoms with E-state index in [1.54, 1.807) is 4.68 Å². The summed E-state index contributed by atoms with van der Waals surface area (Å²) >= 11 is 0. The first-order valence-electron chi connectivity index (χ1n) is 7.16. The van der Waals surface area contributed by atoms with Crippen molar-refractivity contribution >= 4 is 11.6 Å². The number of nitrogens with one attached hydrogen (secondary N) is 1. The standard InChI is InChI=1S/C15H18N4O2/c1-2-19-14(16-10-17-19)9-21-13-7-5-12(6-8-13)18-15(20)11-3-4-11/h5-8,10-11H,2-4,9H2,1H3,(H,18,20). The van der Waals surface area contributed by atoms with Gasteiger partial charge < -0.3 is 10.1 Å². The number of carbonyl (C=O) groups excluding carboxylic acids is 1. The van der Waals surface area contributed by atoms with E-state index in [4.69, 9.17) is 4.74 Å². The van der Waals surface area contributed by atoms with E-state index in [9.17, 15) is 4.79 Å². The summed E-state index contributed by atoms with van der Waals surface area (Å²) in [5.74, 6) is 1.86. The molecule has 0 unspecified atom stereocenters. The maximum absolute atomic E-state index is 11.7. The molecule has 1 heterocycles. The van der Waals surface area contributed by atoms with Crippen LogP contribution in [0.2, 0.25) is 0 Å². The van der Waals surface area contributed by atoms with E-state index < -0.39 is 0 Å². The number of ether oxygens (including phenoxy) is 1. The van der Waals surface area contributed by atoms with Crippen LogP contribution in [-0.2, 0) is 17.9 Å². The van der Waals surface area contributed by atoms with Crippen molar-refractivity contribution in [1.29, 1.82) is 0 Å². The summed E-state index contributed by atoms with van der Waals surface area (Å²) in [6.07, 6.45) is 3.54. The van der Waals surface area contributed by atoms with E-state index in [-0.39, 0.29) is 11.8 Å². The van der Waals surface area contributed by atoms with Gasteiger partial charge in [0.25, 0.3) is 0 Å². The van der Waals surface area contributed by atoms with Crippen molar-refractivity contribution in [2.45, 2.75) is 32.9 Å². The van der Waals surface area contributed by atoms with Crippen molar-refractivity contribution in [3.8, 4) is 5.75 Å². The van der Waals surface area contributed by atoms with Gasteiger partial charge in [0.05, 0.1) is 0 Å². The van der Waals surface area contributed by atoms with Gasteiger partial charge >= 0.3 is 0 Å². The molecule has 0 radical (unpaired) electrons. The summed E-state index contributed by atoms with van der Waals surface area (Å²) < 4.78 is 7.47. The van der Waals surface area contributed by atoms with Crippen LogP contribution >= 0.6 is 0 Å². The second-order valence-corrected chi connectivity index (χ2v) is 5.07. The first-order valence-corrected chi connectivity index (χ1v) is 7.16. The fourth-order valence-electron chi connectivity index (χ4n) is 2.04. The van der Waals surface area contributed by atoms with Gasteiger partial charge in [-0.25, -0.2) is 9.67 Å². The van der Waals surface area contributed by atoms with Crippen LogP contribution in [0.1, 0.15) is 25.6 Å². The number of anilines is 1. The molecule has 6 nitrogen and oxygen atoms in total. The number of nitrogens with zero attached hydrogens (tertiary/aromatic N) is 3. The minimum Gasteiger partial charge on any atom is -0.486 e. The molecule has 1 N–H and O–H groups in total. The van der Waals surface area contributed by atoms with Gasteiger partial charge in [0.1, 0.15) is 18.7 Å². The number of amides is 1. The van der Waals surface area contributed by atoms with E-state index >= 15 is 0 Å². The number of hydrogen-bond donors (Lipinski definition) is 1. The van der Waals surface area contributed by atoms with Crippen molar-refractivity contribution in [3.05, 3.63) is 36.4 Å². The van der Waals surface area contributed by atoms with Crippen LogP contribution in [-0.4, -0.2) is 20.7 Å². The topological polar surface area (TPSA) is 69.0 Å². The number of hydrogen-bond acceptors (Lipinski definition) is 4. The van der Waals surface area contributed by atoms with Gasteiger partial charge in [-0.1, -0.05) is 0 Å². The molecule has 1 aromatic heterocycles. The summed E-state index contributed by atoms with van der Waals surface area (Å²) in [6.45, 7) is 3.15. The fraction of sp³-hybridized carbons (Fsp3) is 0.400. The Morgan fingerprint density at radius 1 is 1.38 bits per heavy atom. The Morgan fingerprint density at radius 2 is 2.14 bits per heavy atom. The van der Waals surface area contributed by atoms with Gasteiger partial charge in [-0.2, -0.15) is 5.10 Å². The zero-order valence-electron chi connectivity index (χ0n) is 12.0. The Balaban J connectivity index is 1.55. The normalized spacial score (nSPS) is 14.0. The maximum atomic E-state index is 11.7. The first kappa shape index (κ1) is 13.6. The van der Waals surface area contributed by atoms with Crippen molar-refractivity contribution in [2.75, 3.05) is 5.32 Å². The molecule has 110 valence electrons. The fourth-order valence-corrected chi connectivity index (χ4v) is 2.04. The predicted octanol–water partition coefficient (Wildman–Crippen LogP) is 2.23. The smallest absolute Gasteiger partial charge is 0.227 e. The molecule has 0 spiro atoms. The monoisotopic (exact) mass is 286 g/mol. The highest BCUT2D eigenvalue weighted by molar-refractivity contribution is 5.94. The predicted molar refractivity (Wildman–Crippen MR) is 77.8 cm³/mol. The minimum atomic E-state index is 0.111. The van der Waals surface area contributed by atoms with E-state index in [0.29, 0.717) is 6.61 Å². The van der Waals surface area contributed by atoms with Crippen molar-refractivity contribution in [3.63, 3.8) is 0 Å². The molecule has 1 aliphatic carbocycles. The number of benzene rings is 1. The average molecular weight is 286 g/mol. The number of aromatic nitrogens is 3. The molecule has 1 aromatic carbocycles. The van der Waals surface area contributed by atoms with Crippen molar-refractivity contribution in [1.82, 2.24) is 14.8 Å². The Morgan fingerprint density at radius 3 is 2.81 bits per heavy atom. The van der Waals surface area contributed by atoms with Crippen LogP contribution in [0.5, 0.6) is 5.75 Å². The highest BCUT2D eigenvalue weighted by Gasteiger charge is 2.29. The summed E-state index contributed by atoms with van der Waals surface area (Å²) in [7, 11) is 0. The third kappa shape index (κ3) is 3.39. The van der Waals surface area contributed by atoms with Gasteiger partial charge in [-0.3, -0.25) is 4.79 Å². The Hall–Kier alpha value is -2.37. The molecule has 3 rings (SSSR count). The molecular weight excluding hydrogens is 268 g/mol. The molecule has 1 saturated carbocycles. The van der Waals surface area contributed by atoms with Crippen molar-refractivity contribution < 1.29 is 9.53 Å². The molecule has 0 bridgehead atoms. The quantitative estimate of drug-likeness (QED) is 0.884. The lowest BCUT2D eigenvalue weighted by Gasteiger charge is -2.08. The number of rotatable bonds is 6.